The summed E-state index contributed by atoms with van der Waals surface area (Å²) >= 11 is 1.89. The summed E-state index contributed by atoms with van der Waals surface area (Å²) in [6.07, 6.45) is 6.68. The van der Waals surface area contributed by atoms with Crippen molar-refractivity contribution in [3.8, 4) is 11.1 Å². The lowest BCUT2D eigenvalue weighted by atomic mass is 9.83. The van der Waals surface area contributed by atoms with Gasteiger partial charge in [-0.3, -0.25) is 0 Å². The fraction of sp³-hybridized carbons (Fsp3) is 0.0571. The highest BCUT2D eigenvalue weighted by atomic mass is 32.1. The zero-order valence-corrected chi connectivity index (χ0v) is 21.7. The summed E-state index contributed by atoms with van der Waals surface area (Å²) in [5.74, 6) is 1.24. The van der Waals surface area contributed by atoms with Gasteiger partial charge in [0.1, 0.15) is 17.0 Å². The summed E-state index contributed by atoms with van der Waals surface area (Å²) in [4.78, 5) is 8.83. The Morgan fingerprint density at radius 3 is 2.49 bits per heavy atom. The van der Waals surface area contributed by atoms with Crippen LogP contribution in [-0.2, 0) is 0 Å². The van der Waals surface area contributed by atoms with E-state index < -0.39 is 0 Å². The quantitative estimate of drug-likeness (QED) is 0.228. The molecule has 0 radical (unpaired) electrons. The fourth-order valence-electron chi connectivity index (χ4n) is 6.64. The number of hydrogen-bond donors (Lipinski definition) is 0. The number of benzene rings is 4. The summed E-state index contributed by atoms with van der Waals surface area (Å²) in [6.45, 7) is 0. The van der Waals surface area contributed by atoms with Crippen LogP contribution in [0.1, 0.15) is 21.9 Å². The largest absolute Gasteiger partial charge is 0.455 e. The summed E-state index contributed by atoms with van der Waals surface area (Å²) in [6, 6.07) is 36.7. The molecule has 39 heavy (non-hydrogen) atoms. The second-order valence-electron chi connectivity index (χ2n) is 10.3. The molecule has 1 unspecified atom stereocenters. The Bertz CT molecular complexity index is 2100. The summed E-state index contributed by atoms with van der Waals surface area (Å²) in [7, 11) is 0. The normalized spacial score (nSPS) is 17.6. The van der Waals surface area contributed by atoms with Gasteiger partial charge in [-0.2, -0.15) is 0 Å². The molecule has 4 heterocycles. The third-order valence-corrected chi connectivity index (χ3v) is 9.45. The van der Waals surface area contributed by atoms with E-state index in [1.54, 1.807) is 0 Å². The van der Waals surface area contributed by atoms with Gasteiger partial charge in [-0.1, -0.05) is 78.9 Å². The maximum Gasteiger partial charge on any atom is 0.143 e. The standard InChI is InChI=1S/C35H22N2OS/c1-4-13-27-25(9-1)33-28(17-18-31-34(33)26-10-3-6-15-30(26)39-31)37(27)32-19-16-21(20-36-32)22-11-7-12-24-23-8-2-5-14-29(23)38-35(22)24/h1-20,28,33H/t28-,33?/m1/s1. The lowest BCUT2D eigenvalue weighted by molar-refractivity contribution is 0.670. The van der Waals surface area contributed by atoms with Gasteiger partial charge in [0.25, 0.3) is 0 Å². The van der Waals surface area contributed by atoms with Crippen LogP contribution >= 0.6 is 11.3 Å². The summed E-state index contributed by atoms with van der Waals surface area (Å²) in [5, 5.41) is 3.65. The zero-order valence-electron chi connectivity index (χ0n) is 20.9. The Hall–Kier alpha value is -4.67. The SMILES string of the molecule is C1=C[C@@H]2C(c3ccccc3N2c2ccc(-c3cccc4c3oc3ccccc34)cn2)c2c1sc1ccccc21. The Kier molecular flexibility index (Phi) is 4.32. The third kappa shape index (κ3) is 2.95. The van der Waals surface area contributed by atoms with E-state index in [0.717, 1.165) is 38.9 Å². The minimum Gasteiger partial charge on any atom is -0.455 e. The minimum atomic E-state index is 0.185. The van der Waals surface area contributed by atoms with Crippen molar-refractivity contribution in [1.29, 1.82) is 0 Å². The number of anilines is 2. The molecule has 0 fully saturated rings. The minimum absolute atomic E-state index is 0.185. The molecular formula is C35H22N2OS. The van der Waals surface area contributed by atoms with Gasteiger partial charge in [0.15, 0.2) is 0 Å². The topological polar surface area (TPSA) is 29.3 Å². The van der Waals surface area contributed by atoms with E-state index in [9.17, 15) is 0 Å². The first kappa shape index (κ1) is 21.3. The van der Waals surface area contributed by atoms with Crippen molar-refractivity contribution in [1.82, 2.24) is 4.98 Å². The van der Waals surface area contributed by atoms with Crippen LogP contribution in [-0.4, -0.2) is 11.0 Å². The van der Waals surface area contributed by atoms with Gasteiger partial charge in [0.05, 0.1) is 6.04 Å². The Labute approximate surface area is 229 Å². The molecule has 4 heteroatoms. The number of hydrogen-bond acceptors (Lipinski definition) is 4. The van der Waals surface area contributed by atoms with Crippen molar-refractivity contribution in [3.05, 3.63) is 131 Å². The second kappa shape index (κ2) is 7.92. The molecule has 0 spiro atoms. The van der Waals surface area contributed by atoms with Crippen LogP contribution in [0.4, 0.5) is 11.5 Å². The van der Waals surface area contributed by atoms with Crippen LogP contribution < -0.4 is 4.90 Å². The lowest BCUT2D eigenvalue weighted by Crippen LogP contribution is -2.30. The predicted octanol–water partition coefficient (Wildman–Crippen LogP) is 9.54. The van der Waals surface area contributed by atoms with Gasteiger partial charge >= 0.3 is 0 Å². The van der Waals surface area contributed by atoms with Gasteiger partial charge in [-0.05, 0) is 52.9 Å². The van der Waals surface area contributed by atoms with Crippen LogP contribution in [0.5, 0.6) is 0 Å². The highest BCUT2D eigenvalue weighted by Gasteiger charge is 2.42. The van der Waals surface area contributed by atoms with Crippen molar-refractivity contribution in [2.75, 3.05) is 4.90 Å². The van der Waals surface area contributed by atoms with Crippen LogP contribution in [0.3, 0.4) is 0 Å². The number of nitrogens with zero attached hydrogens (tertiary/aromatic N) is 2. The van der Waals surface area contributed by atoms with Crippen molar-refractivity contribution in [2.24, 2.45) is 0 Å². The van der Waals surface area contributed by atoms with Gasteiger partial charge in [-0.15, -0.1) is 11.3 Å². The van der Waals surface area contributed by atoms with Crippen molar-refractivity contribution in [3.63, 3.8) is 0 Å². The first-order valence-electron chi connectivity index (χ1n) is 13.3. The van der Waals surface area contributed by atoms with Gasteiger partial charge < -0.3 is 9.32 Å². The highest BCUT2D eigenvalue weighted by Crippen LogP contribution is 2.54. The Morgan fingerprint density at radius 1 is 0.744 bits per heavy atom. The molecule has 0 amide bonds. The molecule has 4 aromatic carbocycles. The molecular weight excluding hydrogens is 496 g/mol. The van der Waals surface area contributed by atoms with Crippen LogP contribution in [0.15, 0.2) is 120 Å². The van der Waals surface area contributed by atoms with E-state index in [2.05, 4.69) is 108 Å². The summed E-state index contributed by atoms with van der Waals surface area (Å²) < 4.78 is 7.65. The molecule has 2 aliphatic rings. The molecule has 9 rings (SSSR count). The van der Waals surface area contributed by atoms with E-state index in [1.807, 2.05) is 29.7 Å². The first-order chi connectivity index (χ1) is 19.3. The molecule has 0 N–H and O–H groups in total. The predicted molar refractivity (Wildman–Crippen MR) is 162 cm³/mol. The van der Waals surface area contributed by atoms with E-state index >= 15 is 0 Å². The first-order valence-corrected chi connectivity index (χ1v) is 14.1. The smallest absolute Gasteiger partial charge is 0.143 e. The molecule has 0 saturated carbocycles. The number of furan rings is 1. The molecule has 0 saturated heterocycles. The zero-order chi connectivity index (χ0) is 25.5. The van der Waals surface area contributed by atoms with Crippen molar-refractivity contribution in [2.45, 2.75) is 12.0 Å². The average molecular weight is 519 g/mol. The van der Waals surface area contributed by atoms with Gasteiger partial charge in [0, 0.05) is 49.3 Å². The summed E-state index contributed by atoms with van der Waals surface area (Å²) in [5.41, 5.74) is 7.99. The maximum atomic E-state index is 6.30. The number of para-hydroxylation sites is 3. The Balaban J connectivity index is 1.17. The molecule has 184 valence electrons. The lowest BCUT2D eigenvalue weighted by Gasteiger charge is -2.30. The van der Waals surface area contributed by atoms with E-state index in [1.165, 1.54) is 31.8 Å². The monoisotopic (exact) mass is 518 g/mol. The van der Waals surface area contributed by atoms with Crippen molar-refractivity contribution >= 4 is 60.9 Å². The number of fused-ring (bicyclic) bond motifs is 10. The van der Waals surface area contributed by atoms with Crippen LogP contribution in [0.2, 0.25) is 0 Å². The van der Waals surface area contributed by atoms with E-state index in [0.29, 0.717) is 0 Å². The number of pyridine rings is 1. The third-order valence-electron chi connectivity index (χ3n) is 8.30. The van der Waals surface area contributed by atoms with Gasteiger partial charge in [0.2, 0.25) is 0 Å². The average Bonchev–Trinajstić information content (AvgIpc) is 3.66. The molecule has 3 aromatic heterocycles. The molecule has 7 aromatic rings. The Morgan fingerprint density at radius 2 is 1.56 bits per heavy atom. The van der Waals surface area contributed by atoms with Crippen LogP contribution in [0, 0.1) is 0 Å². The van der Waals surface area contributed by atoms with Crippen molar-refractivity contribution < 1.29 is 4.42 Å². The molecule has 2 atom stereocenters. The van der Waals surface area contributed by atoms with E-state index in [4.69, 9.17) is 9.40 Å². The molecule has 0 bridgehead atoms. The van der Waals surface area contributed by atoms with E-state index in [-0.39, 0.29) is 12.0 Å². The molecule has 3 nitrogen and oxygen atoms in total. The second-order valence-corrected chi connectivity index (χ2v) is 11.4. The van der Waals surface area contributed by atoms with Gasteiger partial charge in [-0.25, -0.2) is 4.98 Å². The van der Waals surface area contributed by atoms with Crippen LogP contribution in [0.25, 0.3) is 49.2 Å². The fourth-order valence-corrected chi connectivity index (χ4v) is 7.81. The maximum absolute atomic E-state index is 6.30. The number of thiophene rings is 1. The molecule has 1 aliphatic heterocycles. The number of aromatic nitrogens is 1. The molecule has 1 aliphatic carbocycles. The number of rotatable bonds is 2. The highest BCUT2D eigenvalue weighted by molar-refractivity contribution is 7.20.